The smallest absolute Gasteiger partial charge is 0.407 e. The maximum atomic E-state index is 12.0. The maximum Gasteiger partial charge on any atom is 0.407 e. The van der Waals surface area contributed by atoms with Crippen molar-refractivity contribution < 1.29 is 47.6 Å². The van der Waals surface area contributed by atoms with E-state index in [1.165, 1.54) is 0 Å². The molecule has 0 aromatic rings. The molecular weight excluding hydrogens is 488 g/mol. The number of nitrogens with one attached hydrogen (secondary N) is 2. The second-order valence-electron chi connectivity index (χ2n) is 8.66. The number of carbonyl (C=O) groups excluding carboxylic acids is 4. The molecule has 0 aliphatic heterocycles. The van der Waals surface area contributed by atoms with E-state index in [2.05, 4.69) is 23.8 Å². The number of amides is 2. The van der Waals surface area contributed by atoms with Gasteiger partial charge in [-0.2, -0.15) is 0 Å². The Bertz CT molecular complexity index is 775. The quantitative estimate of drug-likeness (QED) is 0.117. The Kier molecular flexibility index (Phi) is 14.1. The van der Waals surface area contributed by atoms with Gasteiger partial charge in [-0.25, -0.2) is 19.2 Å². The molecule has 2 bridgehead atoms. The number of rotatable bonds is 18. The fourth-order valence-electron chi connectivity index (χ4n) is 4.81. The Balaban J connectivity index is 1.50. The van der Waals surface area contributed by atoms with Crippen LogP contribution >= 0.6 is 0 Å². The van der Waals surface area contributed by atoms with Gasteiger partial charge in [-0.1, -0.05) is 13.2 Å². The van der Waals surface area contributed by atoms with Crippen molar-refractivity contribution in [3.05, 3.63) is 25.3 Å². The van der Waals surface area contributed by atoms with Gasteiger partial charge in [0.1, 0.15) is 26.4 Å². The van der Waals surface area contributed by atoms with Gasteiger partial charge in [-0.15, -0.1) is 0 Å². The molecule has 0 spiro atoms. The molecule has 2 N–H and O–H groups in total. The SMILES string of the molecule is C=CC(=O)OCCOCCOC(=O)NCC1CC2CCC1C2CNC(=O)OCCOCCOC(=O)C=C. The highest BCUT2D eigenvalue weighted by Gasteiger charge is 2.47. The summed E-state index contributed by atoms with van der Waals surface area (Å²) in [5.41, 5.74) is 0. The van der Waals surface area contributed by atoms with Crippen LogP contribution in [0.3, 0.4) is 0 Å². The Morgan fingerprint density at radius 1 is 0.676 bits per heavy atom. The van der Waals surface area contributed by atoms with E-state index in [-0.39, 0.29) is 52.9 Å². The molecule has 2 aliphatic carbocycles. The van der Waals surface area contributed by atoms with Crippen LogP contribution in [0.15, 0.2) is 25.3 Å². The largest absolute Gasteiger partial charge is 0.460 e. The number of carbonyl (C=O) groups is 4. The first-order valence-electron chi connectivity index (χ1n) is 12.5. The highest BCUT2D eigenvalue weighted by Crippen LogP contribution is 2.52. The van der Waals surface area contributed by atoms with Crippen molar-refractivity contribution in [1.29, 1.82) is 0 Å². The van der Waals surface area contributed by atoms with Gasteiger partial charge in [0.05, 0.1) is 26.4 Å². The lowest BCUT2D eigenvalue weighted by Crippen LogP contribution is -2.35. The van der Waals surface area contributed by atoms with Crippen LogP contribution in [0.2, 0.25) is 0 Å². The van der Waals surface area contributed by atoms with Crippen LogP contribution in [0.25, 0.3) is 0 Å². The second kappa shape index (κ2) is 17.4. The minimum absolute atomic E-state index is 0.0976. The third kappa shape index (κ3) is 11.6. The summed E-state index contributed by atoms with van der Waals surface area (Å²) >= 11 is 0. The molecule has 0 heterocycles. The van der Waals surface area contributed by atoms with Crippen LogP contribution in [0.1, 0.15) is 19.3 Å². The Morgan fingerprint density at radius 3 is 1.68 bits per heavy atom. The summed E-state index contributed by atoms with van der Waals surface area (Å²) in [6, 6.07) is 0. The van der Waals surface area contributed by atoms with E-state index in [0.717, 1.165) is 31.4 Å². The topological polar surface area (TPSA) is 148 Å². The highest BCUT2D eigenvalue weighted by molar-refractivity contribution is 5.81. The fourth-order valence-corrected chi connectivity index (χ4v) is 4.81. The zero-order valence-electron chi connectivity index (χ0n) is 21.2. The molecule has 2 fully saturated rings. The summed E-state index contributed by atoms with van der Waals surface area (Å²) in [4.78, 5) is 45.7. The van der Waals surface area contributed by atoms with Crippen molar-refractivity contribution in [2.75, 3.05) is 65.9 Å². The monoisotopic (exact) mass is 526 g/mol. The lowest BCUT2D eigenvalue weighted by atomic mass is 9.88. The van der Waals surface area contributed by atoms with Gasteiger partial charge in [0.25, 0.3) is 0 Å². The average Bonchev–Trinajstić information content (AvgIpc) is 3.45. The molecule has 0 saturated heterocycles. The Hall–Kier alpha value is -3.12. The molecule has 0 aromatic heterocycles. The molecule has 0 radical (unpaired) electrons. The van der Waals surface area contributed by atoms with E-state index in [1.54, 1.807) is 0 Å². The molecule has 208 valence electrons. The van der Waals surface area contributed by atoms with Gasteiger partial charge in [0, 0.05) is 25.2 Å². The average molecular weight is 527 g/mol. The predicted molar refractivity (Wildman–Crippen MR) is 130 cm³/mol. The standard InChI is InChI=1S/C25H38N2O10/c1-3-22(28)34-11-7-32-9-13-36-24(30)26-16-19-15-18-5-6-20(19)21(18)17-27-25(31)37-14-10-33-8-12-35-23(29)4-2/h3-4,18-21H,1-2,5-17H2,(H,26,30)(H,27,31). The van der Waals surface area contributed by atoms with Crippen LogP contribution in [-0.2, 0) is 38.0 Å². The van der Waals surface area contributed by atoms with Crippen molar-refractivity contribution in [2.45, 2.75) is 19.3 Å². The summed E-state index contributed by atoms with van der Waals surface area (Å²) < 4.78 is 30.2. The van der Waals surface area contributed by atoms with Crippen molar-refractivity contribution in [2.24, 2.45) is 23.7 Å². The van der Waals surface area contributed by atoms with Gasteiger partial charge >= 0.3 is 24.1 Å². The van der Waals surface area contributed by atoms with Gasteiger partial charge in [0.15, 0.2) is 0 Å². The molecule has 12 heteroatoms. The third-order valence-corrected chi connectivity index (χ3v) is 6.43. The summed E-state index contributed by atoms with van der Waals surface area (Å²) in [5, 5.41) is 5.66. The van der Waals surface area contributed by atoms with Gasteiger partial charge in [0.2, 0.25) is 0 Å². The van der Waals surface area contributed by atoms with Crippen molar-refractivity contribution >= 4 is 24.1 Å². The van der Waals surface area contributed by atoms with E-state index in [1.807, 2.05) is 0 Å². The Morgan fingerprint density at radius 2 is 1.16 bits per heavy atom. The summed E-state index contributed by atoms with van der Waals surface area (Å²) in [7, 11) is 0. The van der Waals surface area contributed by atoms with Gasteiger partial charge in [-0.3, -0.25) is 0 Å². The molecule has 2 aliphatic rings. The zero-order chi connectivity index (χ0) is 26.9. The molecular formula is C25H38N2O10. The van der Waals surface area contributed by atoms with Crippen LogP contribution in [0, 0.1) is 23.7 Å². The number of alkyl carbamates (subject to hydrolysis) is 2. The molecule has 0 aromatic carbocycles. The summed E-state index contributed by atoms with van der Waals surface area (Å²) in [6.07, 6.45) is 4.36. The highest BCUT2D eigenvalue weighted by atomic mass is 16.6. The minimum atomic E-state index is -0.512. The summed E-state index contributed by atoms with van der Waals surface area (Å²) in [6.45, 7) is 8.90. The number of hydrogen-bond acceptors (Lipinski definition) is 10. The van der Waals surface area contributed by atoms with Crippen LogP contribution in [0.4, 0.5) is 9.59 Å². The minimum Gasteiger partial charge on any atom is -0.460 e. The molecule has 4 unspecified atom stereocenters. The molecule has 2 saturated carbocycles. The molecule has 2 rings (SSSR count). The van der Waals surface area contributed by atoms with Crippen LogP contribution in [0.5, 0.6) is 0 Å². The van der Waals surface area contributed by atoms with Crippen molar-refractivity contribution in [1.82, 2.24) is 10.6 Å². The van der Waals surface area contributed by atoms with Crippen LogP contribution in [-0.4, -0.2) is 90.1 Å². The van der Waals surface area contributed by atoms with Gasteiger partial charge < -0.3 is 39.1 Å². The molecule has 37 heavy (non-hydrogen) atoms. The third-order valence-electron chi connectivity index (χ3n) is 6.43. The van der Waals surface area contributed by atoms with E-state index < -0.39 is 24.1 Å². The number of ether oxygens (including phenoxy) is 6. The van der Waals surface area contributed by atoms with E-state index in [4.69, 9.17) is 28.4 Å². The maximum absolute atomic E-state index is 12.0. The van der Waals surface area contributed by atoms with E-state index in [9.17, 15) is 19.2 Å². The van der Waals surface area contributed by atoms with Gasteiger partial charge in [-0.05, 0) is 42.9 Å². The first-order chi connectivity index (χ1) is 17.9. The molecule has 12 nitrogen and oxygen atoms in total. The number of esters is 2. The predicted octanol–water partition coefficient (Wildman–Crippen LogP) is 1.59. The first-order valence-corrected chi connectivity index (χ1v) is 12.5. The lowest BCUT2D eigenvalue weighted by Gasteiger charge is -2.22. The van der Waals surface area contributed by atoms with Crippen molar-refractivity contribution in [3.8, 4) is 0 Å². The first kappa shape index (κ1) is 30.1. The number of fused-ring (bicyclic) bond motifs is 2. The normalized spacial score (nSPS) is 21.5. The zero-order valence-corrected chi connectivity index (χ0v) is 21.2. The number of hydrogen-bond donors (Lipinski definition) is 2. The van der Waals surface area contributed by atoms with Crippen molar-refractivity contribution in [3.63, 3.8) is 0 Å². The molecule has 2 amide bonds. The second-order valence-corrected chi connectivity index (χ2v) is 8.66. The lowest BCUT2D eigenvalue weighted by molar-refractivity contribution is -0.140. The van der Waals surface area contributed by atoms with E-state index in [0.29, 0.717) is 36.8 Å². The van der Waals surface area contributed by atoms with Crippen LogP contribution < -0.4 is 10.6 Å². The fraction of sp³-hybridized carbons (Fsp3) is 0.680. The molecule has 4 atom stereocenters. The Labute approximate surface area is 217 Å². The summed E-state index contributed by atoms with van der Waals surface area (Å²) in [5.74, 6) is 0.611. The van der Waals surface area contributed by atoms with E-state index >= 15 is 0 Å².